The number of non-ortho nitro benzene ring substituents is 1. The number of halogens is 1. The van der Waals surface area contributed by atoms with Crippen LogP contribution in [0.1, 0.15) is 11.1 Å². The summed E-state index contributed by atoms with van der Waals surface area (Å²) in [5.41, 5.74) is 4.36. The lowest BCUT2D eigenvalue weighted by molar-refractivity contribution is -2.00. The summed E-state index contributed by atoms with van der Waals surface area (Å²) in [5.74, 6) is 0.871. The van der Waals surface area contributed by atoms with Crippen LogP contribution in [0.3, 0.4) is 0 Å². The van der Waals surface area contributed by atoms with Crippen LogP contribution in [0.2, 0.25) is 0 Å². The van der Waals surface area contributed by atoms with Crippen molar-refractivity contribution in [3.63, 3.8) is 0 Å². The number of hydrogen-bond donors (Lipinski definition) is 0. The normalized spacial score (nSPS) is 10.9. The van der Waals surface area contributed by atoms with E-state index in [-0.39, 0.29) is 10.6 Å². The van der Waals surface area contributed by atoms with Crippen LogP contribution in [0.25, 0.3) is 11.4 Å². The van der Waals surface area contributed by atoms with Crippen LogP contribution in [-0.2, 0) is 6.54 Å². The van der Waals surface area contributed by atoms with Gasteiger partial charge in [0.15, 0.2) is 0 Å². The summed E-state index contributed by atoms with van der Waals surface area (Å²) in [6.07, 6.45) is 0. The van der Waals surface area contributed by atoms with Crippen molar-refractivity contribution in [1.29, 1.82) is 0 Å². The van der Waals surface area contributed by atoms with Crippen molar-refractivity contribution in [2.75, 3.05) is 11.9 Å². The highest BCUT2D eigenvalue weighted by molar-refractivity contribution is 7.06. The Kier molecular flexibility index (Phi) is 8.46. The predicted molar refractivity (Wildman–Crippen MR) is 119 cm³/mol. The molecule has 182 valence electrons. The minimum atomic E-state index is -4.94. The summed E-state index contributed by atoms with van der Waals surface area (Å²) in [7, 11) is -2.94. The van der Waals surface area contributed by atoms with Crippen molar-refractivity contribution in [3.05, 3.63) is 100 Å². The van der Waals surface area contributed by atoms with E-state index in [0.717, 1.165) is 27.8 Å². The summed E-state index contributed by atoms with van der Waals surface area (Å²) in [4.78, 5) is 17.5. The van der Waals surface area contributed by atoms with Crippen LogP contribution in [-0.4, -0.2) is 17.0 Å². The molecule has 0 N–H and O–H groups in total. The first-order chi connectivity index (χ1) is 16.5. The lowest BCUT2D eigenvalue weighted by Crippen LogP contribution is -2.68. The Balaban J connectivity index is 0.000000623. The number of nitro groups is 1. The molecule has 0 saturated carbocycles. The van der Waals surface area contributed by atoms with E-state index in [0.29, 0.717) is 6.54 Å². The first-order valence-electron chi connectivity index (χ1n) is 10.1. The molecule has 0 atom stereocenters. The fourth-order valence-corrected chi connectivity index (χ4v) is 4.11. The van der Waals surface area contributed by atoms with E-state index in [2.05, 4.69) is 40.0 Å². The molecule has 3 aromatic carbocycles. The van der Waals surface area contributed by atoms with Crippen LogP contribution >= 0.6 is 11.5 Å². The molecule has 1 heterocycles. The van der Waals surface area contributed by atoms with Gasteiger partial charge in [0.25, 0.3) is 5.69 Å². The van der Waals surface area contributed by atoms with E-state index in [9.17, 15) is 10.1 Å². The molecule has 0 aliphatic carbocycles. The first kappa shape index (κ1) is 26.2. The molecule has 0 saturated heterocycles. The number of aryl methyl sites for hydroxylation is 1. The number of aromatic nitrogens is 2. The van der Waals surface area contributed by atoms with Crippen molar-refractivity contribution in [1.82, 2.24) is 4.98 Å². The Morgan fingerprint density at radius 1 is 0.943 bits per heavy atom. The van der Waals surface area contributed by atoms with Crippen molar-refractivity contribution in [3.8, 4) is 11.4 Å². The highest BCUT2D eigenvalue weighted by Crippen LogP contribution is 2.28. The van der Waals surface area contributed by atoms with E-state index in [4.69, 9.17) is 23.6 Å². The van der Waals surface area contributed by atoms with Gasteiger partial charge in [-0.3, -0.25) is 15.0 Å². The van der Waals surface area contributed by atoms with Gasteiger partial charge in [-0.1, -0.05) is 35.9 Å². The van der Waals surface area contributed by atoms with Gasteiger partial charge >= 0.3 is 11.0 Å². The third kappa shape index (κ3) is 7.79. The Morgan fingerprint density at radius 3 is 2.06 bits per heavy atom. The lowest BCUT2D eigenvalue weighted by Gasteiger charge is -2.17. The van der Waals surface area contributed by atoms with Gasteiger partial charge in [0.1, 0.15) is 18.1 Å². The van der Waals surface area contributed by atoms with Gasteiger partial charge in [0.05, 0.1) is 10.5 Å². The van der Waals surface area contributed by atoms with Crippen molar-refractivity contribution in [2.24, 2.45) is 0 Å². The monoisotopic (exact) mass is 516 g/mol. The highest BCUT2D eigenvalue weighted by atomic mass is 35.7. The minimum Gasteiger partial charge on any atom is -0.297 e. The maximum Gasteiger partial charge on any atom is 0.345 e. The molecular formula is C23H21ClN4O6S. The molecule has 12 heteroatoms. The topological polar surface area (TPSA) is 155 Å². The predicted octanol–water partition coefficient (Wildman–Crippen LogP) is 0.374. The first-order valence-corrected chi connectivity index (χ1v) is 12.1. The molecule has 0 amide bonds. The summed E-state index contributed by atoms with van der Waals surface area (Å²) in [6, 6.07) is 25.1. The standard InChI is InChI=1S/C23H21N4O2S.ClHO4/c1-17-8-12-19(13-9-17)22-24-23(25(2)20-6-4-3-5-7-20)30-26(22)16-18-10-14-21(15-11-18)27(28)29;2-1(3,4)5/h3-15H,16H2,1-2H3;(H,2,3,4,5)/q+1;/p-1. The number of para-hydroxylation sites is 1. The number of benzene rings is 3. The average Bonchev–Trinajstić information content (AvgIpc) is 3.22. The quantitative estimate of drug-likeness (QED) is 0.202. The Bertz CT molecular complexity index is 1260. The smallest absolute Gasteiger partial charge is 0.297 e. The zero-order valence-corrected chi connectivity index (χ0v) is 20.3. The number of hydrogen-bond acceptors (Lipinski definition) is 9. The maximum atomic E-state index is 10.9. The van der Waals surface area contributed by atoms with Gasteiger partial charge in [-0.15, -0.1) is 10.2 Å². The summed E-state index contributed by atoms with van der Waals surface area (Å²) >= 11 is 1.56. The van der Waals surface area contributed by atoms with Crippen LogP contribution in [0.5, 0.6) is 0 Å². The third-order valence-corrected chi connectivity index (χ3v) is 5.89. The zero-order valence-electron chi connectivity index (χ0n) is 18.7. The van der Waals surface area contributed by atoms with Crippen LogP contribution in [0.4, 0.5) is 16.5 Å². The molecule has 10 nitrogen and oxygen atoms in total. The summed E-state index contributed by atoms with van der Waals surface area (Å²) < 4.78 is 36.1. The van der Waals surface area contributed by atoms with E-state index < -0.39 is 10.2 Å². The molecular weight excluding hydrogens is 496 g/mol. The van der Waals surface area contributed by atoms with Crippen molar-refractivity contribution < 1.29 is 37.8 Å². The van der Waals surface area contributed by atoms with E-state index in [1.807, 2.05) is 37.4 Å². The fourth-order valence-electron chi connectivity index (χ4n) is 3.11. The average molecular weight is 517 g/mol. The second-order valence-electron chi connectivity index (χ2n) is 7.41. The van der Waals surface area contributed by atoms with Gasteiger partial charge in [-0.05, 0) is 53.9 Å². The molecule has 0 unspecified atom stereocenters. The van der Waals surface area contributed by atoms with Gasteiger partial charge in [0.2, 0.25) is 0 Å². The Morgan fingerprint density at radius 2 is 1.51 bits per heavy atom. The lowest BCUT2D eigenvalue weighted by atomic mass is 10.1. The van der Waals surface area contributed by atoms with Gasteiger partial charge in [-0.2, -0.15) is 3.96 Å². The molecule has 0 fully saturated rings. The van der Waals surface area contributed by atoms with Gasteiger partial charge in [0, 0.05) is 24.9 Å². The molecule has 0 aliphatic heterocycles. The molecule has 35 heavy (non-hydrogen) atoms. The second-order valence-corrected chi connectivity index (χ2v) is 9.15. The van der Waals surface area contributed by atoms with Crippen molar-refractivity contribution in [2.45, 2.75) is 13.5 Å². The Labute approximate surface area is 207 Å². The van der Waals surface area contributed by atoms with Crippen LogP contribution < -0.4 is 27.5 Å². The van der Waals surface area contributed by atoms with E-state index in [1.165, 1.54) is 5.56 Å². The maximum absolute atomic E-state index is 10.9. The second kappa shape index (κ2) is 11.3. The fraction of sp³-hybridized carbons (Fsp3) is 0.130. The molecule has 0 aliphatic rings. The number of rotatable bonds is 6. The van der Waals surface area contributed by atoms with Crippen molar-refractivity contribution >= 4 is 28.0 Å². The van der Waals surface area contributed by atoms with Gasteiger partial charge < -0.3 is 0 Å². The van der Waals surface area contributed by atoms with E-state index >= 15 is 0 Å². The van der Waals surface area contributed by atoms with Crippen LogP contribution in [0.15, 0.2) is 78.9 Å². The molecule has 0 spiro atoms. The van der Waals surface area contributed by atoms with Crippen LogP contribution in [0, 0.1) is 27.3 Å². The molecule has 0 bridgehead atoms. The summed E-state index contributed by atoms with van der Waals surface area (Å²) in [6.45, 7) is 2.64. The van der Waals surface area contributed by atoms with Gasteiger partial charge in [-0.25, -0.2) is 18.6 Å². The zero-order chi connectivity index (χ0) is 25.6. The third-order valence-electron chi connectivity index (χ3n) is 4.84. The number of nitro benzene ring substituents is 1. The summed E-state index contributed by atoms with van der Waals surface area (Å²) in [5, 5.41) is 11.8. The molecule has 4 aromatic rings. The largest absolute Gasteiger partial charge is 0.345 e. The van der Waals surface area contributed by atoms with E-state index in [1.54, 1.807) is 35.8 Å². The Hall–Kier alpha value is -3.45. The minimum absolute atomic E-state index is 0.0938. The molecule has 4 rings (SSSR count). The highest BCUT2D eigenvalue weighted by Gasteiger charge is 2.26. The number of nitrogens with zero attached hydrogens (tertiary/aromatic N) is 4. The number of anilines is 2. The SMILES string of the molecule is Cc1ccc(-c2nc(N(C)c3ccccc3)s[n+]2Cc2ccc([N+](=O)[O-])cc2)cc1.[O-][Cl+3]([O-])([O-])[O-]. The molecule has 1 aromatic heterocycles. The molecule has 0 radical (unpaired) electrons.